The number of halogens is 1. The lowest BCUT2D eigenvalue weighted by Crippen LogP contribution is -2.27. The van der Waals surface area contributed by atoms with Gasteiger partial charge in [-0.05, 0) is 53.3 Å². The second-order valence-corrected chi connectivity index (χ2v) is 6.67. The summed E-state index contributed by atoms with van der Waals surface area (Å²) in [4.78, 5) is 1.49. The van der Waals surface area contributed by atoms with E-state index in [0.29, 0.717) is 0 Å². The first-order valence-corrected chi connectivity index (χ1v) is 7.72. The van der Waals surface area contributed by atoms with Crippen molar-refractivity contribution in [2.45, 2.75) is 33.6 Å². The van der Waals surface area contributed by atoms with Crippen molar-refractivity contribution in [1.29, 1.82) is 0 Å². The van der Waals surface area contributed by atoms with Crippen molar-refractivity contribution in [3.05, 3.63) is 20.8 Å². The van der Waals surface area contributed by atoms with Crippen molar-refractivity contribution in [2.24, 2.45) is 11.8 Å². The summed E-state index contributed by atoms with van der Waals surface area (Å²) in [6, 6.07) is 2.25. The zero-order valence-corrected chi connectivity index (χ0v) is 12.8. The van der Waals surface area contributed by atoms with Gasteiger partial charge in [-0.1, -0.05) is 27.2 Å². The van der Waals surface area contributed by atoms with Gasteiger partial charge in [0.05, 0.1) is 0 Å². The second kappa shape index (κ2) is 7.46. The molecule has 1 unspecified atom stereocenters. The smallest absolute Gasteiger partial charge is 0.0285 e. The Morgan fingerprint density at radius 1 is 1.38 bits per heavy atom. The summed E-state index contributed by atoms with van der Waals surface area (Å²) < 4.78 is 1.22. The standard InChI is InChI=1S/C13H22BrNS/c1-4-11(8-15-7-10(2)3)5-13-6-12(14)9-16-13/h6,9-11,15H,4-5,7-8H2,1-3H3. The zero-order valence-electron chi connectivity index (χ0n) is 10.4. The maximum absolute atomic E-state index is 3.56. The molecule has 0 saturated carbocycles. The molecule has 0 aliphatic rings. The van der Waals surface area contributed by atoms with Gasteiger partial charge in [0.1, 0.15) is 0 Å². The van der Waals surface area contributed by atoms with Gasteiger partial charge in [0.2, 0.25) is 0 Å². The fourth-order valence-electron chi connectivity index (χ4n) is 1.68. The van der Waals surface area contributed by atoms with E-state index in [0.717, 1.165) is 24.9 Å². The Hall–Kier alpha value is 0.140. The Bertz CT molecular complexity index is 296. The molecule has 1 N–H and O–H groups in total. The minimum absolute atomic E-state index is 0.744. The molecule has 0 radical (unpaired) electrons. The average molecular weight is 304 g/mol. The monoisotopic (exact) mass is 303 g/mol. The Labute approximate surface area is 112 Å². The number of thiophene rings is 1. The van der Waals surface area contributed by atoms with Crippen LogP contribution in [0, 0.1) is 11.8 Å². The highest BCUT2D eigenvalue weighted by atomic mass is 79.9. The van der Waals surface area contributed by atoms with Crippen molar-refractivity contribution in [1.82, 2.24) is 5.32 Å². The summed E-state index contributed by atoms with van der Waals surface area (Å²) in [5, 5.41) is 5.73. The van der Waals surface area contributed by atoms with Crippen LogP contribution in [-0.4, -0.2) is 13.1 Å². The second-order valence-electron chi connectivity index (χ2n) is 4.76. The molecule has 0 bridgehead atoms. The van der Waals surface area contributed by atoms with Gasteiger partial charge in [-0.15, -0.1) is 11.3 Å². The van der Waals surface area contributed by atoms with Gasteiger partial charge in [-0.2, -0.15) is 0 Å². The maximum Gasteiger partial charge on any atom is 0.0285 e. The van der Waals surface area contributed by atoms with Crippen LogP contribution in [0.5, 0.6) is 0 Å². The lowest BCUT2D eigenvalue weighted by molar-refractivity contribution is 0.439. The van der Waals surface area contributed by atoms with Crippen molar-refractivity contribution in [3.8, 4) is 0 Å². The number of nitrogens with one attached hydrogen (secondary N) is 1. The highest BCUT2D eigenvalue weighted by Crippen LogP contribution is 2.23. The summed E-state index contributed by atoms with van der Waals surface area (Å²) >= 11 is 5.37. The molecular weight excluding hydrogens is 282 g/mol. The van der Waals surface area contributed by atoms with Gasteiger partial charge in [0.15, 0.2) is 0 Å². The molecule has 0 saturated heterocycles. The molecule has 0 aliphatic heterocycles. The topological polar surface area (TPSA) is 12.0 Å². The number of hydrogen-bond donors (Lipinski definition) is 1. The van der Waals surface area contributed by atoms with E-state index in [2.05, 4.69) is 53.5 Å². The third kappa shape index (κ3) is 5.46. The Morgan fingerprint density at radius 3 is 2.62 bits per heavy atom. The van der Waals surface area contributed by atoms with Crippen molar-refractivity contribution < 1.29 is 0 Å². The van der Waals surface area contributed by atoms with Gasteiger partial charge in [-0.3, -0.25) is 0 Å². The minimum atomic E-state index is 0.744. The zero-order chi connectivity index (χ0) is 12.0. The number of rotatable bonds is 7. The molecule has 0 spiro atoms. The van der Waals surface area contributed by atoms with Crippen LogP contribution in [0.1, 0.15) is 32.1 Å². The summed E-state index contributed by atoms with van der Waals surface area (Å²) in [5.74, 6) is 1.51. The molecule has 0 aliphatic carbocycles. The van der Waals surface area contributed by atoms with Gasteiger partial charge >= 0.3 is 0 Å². The van der Waals surface area contributed by atoms with Gasteiger partial charge < -0.3 is 5.32 Å². The summed E-state index contributed by atoms with van der Waals surface area (Å²) in [7, 11) is 0. The lowest BCUT2D eigenvalue weighted by atomic mass is 10.0. The van der Waals surface area contributed by atoms with E-state index in [1.807, 2.05) is 11.3 Å². The van der Waals surface area contributed by atoms with Crippen LogP contribution in [0.4, 0.5) is 0 Å². The molecular formula is C13H22BrNS. The molecule has 1 atom stereocenters. The third-order valence-corrected chi connectivity index (χ3v) is 4.39. The van der Waals surface area contributed by atoms with Crippen LogP contribution in [0.3, 0.4) is 0 Å². The maximum atomic E-state index is 3.56. The summed E-state index contributed by atoms with van der Waals surface area (Å²) in [6.45, 7) is 9.06. The van der Waals surface area contributed by atoms with Crippen LogP contribution < -0.4 is 5.32 Å². The van der Waals surface area contributed by atoms with E-state index in [-0.39, 0.29) is 0 Å². The van der Waals surface area contributed by atoms with E-state index in [1.54, 1.807) is 0 Å². The molecule has 0 aromatic carbocycles. The molecule has 1 nitrogen and oxygen atoms in total. The van der Waals surface area contributed by atoms with Crippen LogP contribution in [0.25, 0.3) is 0 Å². The van der Waals surface area contributed by atoms with Gasteiger partial charge in [0.25, 0.3) is 0 Å². The van der Waals surface area contributed by atoms with E-state index < -0.39 is 0 Å². The minimum Gasteiger partial charge on any atom is -0.316 e. The fraction of sp³-hybridized carbons (Fsp3) is 0.692. The summed E-state index contributed by atoms with van der Waals surface area (Å²) in [6.07, 6.45) is 2.46. The largest absolute Gasteiger partial charge is 0.316 e. The van der Waals surface area contributed by atoms with Gasteiger partial charge in [0, 0.05) is 14.7 Å². The van der Waals surface area contributed by atoms with Crippen molar-refractivity contribution in [3.63, 3.8) is 0 Å². The molecule has 1 rings (SSSR count). The Balaban J connectivity index is 2.31. The Kier molecular flexibility index (Phi) is 6.62. The summed E-state index contributed by atoms with van der Waals surface area (Å²) in [5.41, 5.74) is 0. The lowest BCUT2D eigenvalue weighted by Gasteiger charge is -2.15. The van der Waals surface area contributed by atoms with Crippen LogP contribution in [0.15, 0.2) is 15.9 Å². The molecule has 0 amide bonds. The predicted octanol–water partition coefficient (Wildman–Crippen LogP) is 4.32. The molecule has 1 heterocycles. The molecule has 92 valence electrons. The molecule has 1 aromatic heterocycles. The average Bonchev–Trinajstić information content (AvgIpc) is 2.62. The quantitative estimate of drug-likeness (QED) is 0.791. The normalized spacial score (nSPS) is 13.3. The Morgan fingerprint density at radius 2 is 2.12 bits per heavy atom. The van der Waals surface area contributed by atoms with Crippen molar-refractivity contribution in [2.75, 3.05) is 13.1 Å². The van der Waals surface area contributed by atoms with E-state index in [4.69, 9.17) is 0 Å². The van der Waals surface area contributed by atoms with Crippen LogP contribution in [-0.2, 0) is 6.42 Å². The predicted molar refractivity (Wildman–Crippen MR) is 77.2 cm³/mol. The van der Waals surface area contributed by atoms with E-state index >= 15 is 0 Å². The van der Waals surface area contributed by atoms with Crippen molar-refractivity contribution >= 4 is 27.3 Å². The first kappa shape index (κ1) is 14.2. The molecule has 0 fully saturated rings. The van der Waals surface area contributed by atoms with Crippen LogP contribution >= 0.6 is 27.3 Å². The third-order valence-electron chi connectivity index (χ3n) is 2.67. The molecule has 3 heteroatoms. The highest BCUT2D eigenvalue weighted by Gasteiger charge is 2.09. The highest BCUT2D eigenvalue weighted by molar-refractivity contribution is 9.10. The number of hydrogen-bond acceptors (Lipinski definition) is 2. The fourth-order valence-corrected chi connectivity index (χ4v) is 3.25. The first-order chi connectivity index (χ1) is 7.61. The van der Waals surface area contributed by atoms with Gasteiger partial charge in [-0.25, -0.2) is 0 Å². The van der Waals surface area contributed by atoms with E-state index in [1.165, 1.54) is 22.2 Å². The SMILES string of the molecule is CCC(CNCC(C)C)Cc1cc(Br)cs1. The van der Waals surface area contributed by atoms with E-state index in [9.17, 15) is 0 Å². The molecule has 16 heavy (non-hydrogen) atoms. The van der Waals surface area contributed by atoms with Crippen LogP contribution in [0.2, 0.25) is 0 Å². The first-order valence-electron chi connectivity index (χ1n) is 6.05. The molecule has 1 aromatic rings.